The fourth-order valence-corrected chi connectivity index (χ4v) is 2.27. The van der Waals surface area contributed by atoms with E-state index in [4.69, 9.17) is 0 Å². The molecule has 92 valence electrons. The molecule has 2 atom stereocenters. The number of rotatable bonds is 4. The maximum Gasteiger partial charge on any atom is 0.190 e. The summed E-state index contributed by atoms with van der Waals surface area (Å²) in [5.41, 5.74) is 0. The normalized spacial score (nSPS) is 30.5. The number of aliphatic hydroxyl groups is 1. The quantitative estimate of drug-likeness (QED) is 0.488. The van der Waals surface area contributed by atoms with Crippen LogP contribution in [0.3, 0.4) is 0 Å². The standard InChI is InChI=1S/C12H23N3O/c1-13-12(14-7-9-5-6-9)15-8-10-3-2-4-11(10)16/h9-11,16H,2-8H2,1H3,(H2,13,14,15). The second kappa shape index (κ2) is 5.53. The van der Waals surface area contributed by atoms with Crippen LogP contribution >= 0.6 is 0 Å². The Morgan fingerprint density at radius 3 is 2.50 bits per heavy atom. The second-order valence-electron chi connectivity index (χ2n) is 5.04. The molecule has 0 amide bonds. The van der Waals surface area contributed by atoms with Crippen molar-refractivity contribution in [2.45, 2.75) is 38.2 Å². The van der Waals surface area contributed by atoms with E-state index in [1.54, 1.807) is 7.05 Å². The van der Waals surface area contributed by atoms with Crippen molar-refractivity contribution in [2.24, 2.45) is 16.8 Å². The molecule has 16 heavy (non-hydrogen) atoms. The summed E-state index contributed by atoms with van der Waals surface area (Å²) in [5.74, 6) is 2.14. The number of nitrogens with one attached hydrogen (secondary N) is 2. The monoisotopic (exact) mass is 225 g/mol. The first-order chi connectivity index (χ1) is 7.79. The van der Waals surface area contributed by atoms with Gasteiger partial charge in [-0.2, -0.15) is 0 Å². The molecule has 2 fully saturated rings. The summed E-state index contributed by atoms with van der Waals surface area (Å²) in [6, 6.07) is 0. The Hall–Kier alpha value is -0.770. The highest BCUT2D eigenvalue weighted by molar-refractivity contribution is 5.79. The molecule has 2 aliphatic rings. The number of aliphatic imine (C=N–C) groups is 1. The molecule has 0 aromatic carbocycles. The van der Waals surface area contributed by atoms with Crippen molar-refractivity contribution in [2.75, 3.05) is 20.1 Å². The summed E-state index contributed by atoms with van der Waals surface area (Å²) >= 11 is 0. The Labute approximate surface area is 97.5 Å². The van der Waals surface area contributed by atoms with E-state index >= 15 is 0 Å². The predicted molar refractivity (Wildman–Crippen MR) is 65.4 cm³/mol. The van der Waals surface area contributed by atoms with Gasteiger partial charge in [0.1, 0.15) is 0 Å². The third-order valence-electron chi connectivity index (χ3n) is 3.63. The topological polar surface area (TPSA) is 56.7 Å². The second-order valence-corrected chi connectivity index (χ2v) is 5.04. The highest BCUT2D eigenvalue weighted by atomic mass is 16.3. The summed E-state index contributed by atoms with van der Waals surface area (Å²) in [4.78, 5) is 4.19. The molecule has 2 saturated carbocycles. The fraction of sp³-hybridized carbons (Fsp3) is 0.917. The van der Waals surface area contributed by atoms with E-state index in [-0.39, 0.29) is 6.10 Å². The number of guanidine groups is 1. The van der Waals surface area contributed by atoms with E-state index in [9.17, 15) is 5.11 Å². The SMILES string of the molecule is CN=C(NCC1CC1)NCC1CCCC1O. The molecule has 0 radical (unpaired) electrons. The molecule has 0 bridgehead atoms. The third kappa shape index (κ3) is 3.37. The number of hydrogen-bond acceptors (Lipinski definition) is 2. The highest BCUT2D eigenvalue weighted by Gasteiger charge is 2.25. The van der Waals surface area contributed by atoms with E-state index in [1.165, 1.54) is 12.8 Å². The summed E-state index contributed by atoms with van der Waals surface area (Å²) in [5, 5.41) is 16.3. The summed E-state index contributed by atoms with van der Waals surface area (Å²) in [7, 11) is 1.80. The van der Waals surface area contributed by atoms with Crippen LogP contribution in [0.2, 0.25) is 0 Å². The molecule has 0 aromatic rings. The fourth-order valence-electron chi connectivity index (χ4n) is 2.27. The Bertz CT molecular complexity index is 251. The number of hydrogen-bond donors (Lipinski definition) is 3. The van der Waals surface area contributed by atoms with E-state index in [2.05, 4.69) is 15.6 Å². The predicted octanol–water partition coefficient (Wildman–Crippen LogP) is 0.722. The number of aliphatic hydroxyl groups excluding tert-OH is 1. The zero-order chi connectivity index (χ0) is 11.4. The molecule has 2 rings (SSSR count). The van der Waals surface area contributed by atoms with Crippen molar-refractivity contribution in [3.8, 4) is 0 Å². The van der Waals surface area contributed by atoms with Crippen LogP contribution in [0.25, 0.3) is 0 Å². The highest BCUT2D eigenvalue weighted by Crippen LogP contribution is 2.27. The van der Waals surface area contributed by atoms with Crippen LogP contribution in [0.1, 0.15) is 32.1 Å². The van der Waals surface area contributed by atoms with Crippen molar-refractivity contribution in [1.29, 1.82) is 0 Å². The number of nitrogens with zero attached hydrogens (tertiary/aromatic N) is 1. The van der Waals surface area contributed by atoms with Crippen molar-refractivity contribution < 1.29 is 5.11 Å². The minimum Gasteiger partial charge on any atom is -0.393 e. The van der Waals surface area contributed by atoms with Crippen LogP contribution < -0.4 is 10.6 Å². The Morgan fingerprint density at radius 1 is 1.19 bits per heavy atom. The molecule has 0 aromatic heterocycles. The Morgan fingerprint density at radius 2 is 1.94 bits per heavy atom. The van der Waals surface area contributed by atoms with Crippen LogP contribution in [0, 0.1) is 11.8 Å². The van der Waals surface area contributed by atoms with Gasteiger partial charge in [-0.05, 0) is 31.6 Å². The molecule has 0 spiro atoms. The minimum absolute atomic E-state index is 0.117. The molecule has 0 heterocycles. The first-order valence-electron chi connectivity index (χ1n) is 6.42. The van der Waals surface area contributed by atoms with Gasteiger partial charge < -0.3 is 15.7 Å². The average Bonchev–Trinajstić information content (AvgIpc) is 3.03. The summed E-state index contributed by atoms with van der Waals surface area (Å²) in [6.07, 6.45) is 5.83. The Balaban J connectivity index is 1.65. The first-order valence-corrected chi connectivity index (χ1v) is 6.42. The Kier molecular flexibility index (Phi) is 4.04. The van der Waals surface area contributed by atoms with Gasteiger partial charge in [-0.25, -0.2) is 0 Å². The zero-order valence-corrected chi connectivity index (χ0v) is 10.1. The molecular formula is C12H23N3O. The molecule has 4 heteroatoms. The molecule has 0 aliphatic heterocycles. The van der Waals surface area contributed by atoms with Gasteiger partial charge in [-0.1, -0.05) is 6.42 Å². The van der Waals surface area contributed by atoms with E-state index in [0.717, 1.165) is 44.2 Å². The van der Waals surface area contributed by atoms with Gasteiger partial charge in [0.25, 0.3) is 0 Å². The van der Waals surface area contributed by atoms with Crippen LogP contribution in [-0.2, 0) is 0 Å². The average molecular weight is 225 g/mol. The lowest BCUT2D eigenvalue weighted by Gasteiger charge is -2.17. The maximum atomic E-state index is 9.70. The molecular weight excluding hydrogens is 202 g/mol. The van der Waals surface area contributed by atoms with Gasteiger partial charge in [0.15, 0.2) is 5.96 Å². The smallest absolute Gasteiger partial charge is 0.190 e. The van der Waals surface area contributed by atoms with Crippen LogP contribution in [0.4, 0.5) is 0 Å². The molecule has 2 aliphatic carbocycles. The maximum absolute atomic E-state index is 9.70. The third-order valence-corrected chi connectivity index (χ3v) is 3.63. The summed E-state index contributed by atoms with van der Waals surface area (Å²) < 4.78 is 0. The lowest BCUT2D eigenvalue weighted by Crippen LogP contribution is -2.41. The molecule has 0 saturated heterocycles. The van der Waals surface area contributed by atoms with Gasteiger partial charge in [0.2, 0.25) is 0 Å². The van der Waals surface area contributed by atoms with E-state index in [1.807, 2.05) is 0 Å². The lowest BCUT2D eigenvalue weighted by atomic mass is 10.1. The van der Waals surface area contributed by atoms with Crippen LogP contribution in [0.5, 0.6) is 0 Å². The molecule has 3 N–H and O–H groups in total. The van der Waals surface area contributed by atoms with Gasteiger partial charge in [0, 0.05) is 26.1 Å². The minimum atomic E-state index is -0.117. The molecule has 2 unspecified atom stereocenters. The van der Waals surface area contributed by atoms with Gasteiger partial charge in [0.05, 0.1) is 6.10 Å². The largest absolute Gasteiger partial charge is 0.393 e. The lowest BCUT2D eigenvalue weighted by molar-refractivity contribution is 0.134. The van der Waals surface area contributed by atoms with Crippen molar-refractivity contribution in [3.63, 3.8) is 0 Å². The van der Waals surface area contributed by atoms with Gasteiger partial charge >= 0.3 is 0 Å². The van der Waals surface area contributed by atoms with Crippen LogP contribution in [0.15, 0.2) is 4.99 Å². The zero-order valence-electron chi connectivity index (χ0n) is 10.1. The van der Waals surface area contributed by atoms with E-state index < -0.39 is 0 Å². The van der Waals surface area contributed by atoms with Gasteiger partial charge in [-0.3, -0.25) is 4.99 Å². The van der Waals surface area contributed by atoms with Crippen molar-refractivity contribution in [1.82, 2.24) is 10.6 Å². The van der Waals surface area contributed by atoms with Crippen LogP contribution in [-0.4, -0.2) is 37.3 Å². The molecule has 4 nitrogen and oxygen atoms in total. The van der Waals surface area contributed by atoms with Crippen molar-refractivity contribution >= 4 is 5.96 Å². The summed E-state index contributed by atoms with van der Waals surface area (Å²) in [6.45, 7) is 1.87. The first kappa shape index (κ1) is 11.7. The van der Waals surface area contributed by atoms with Gasteiger partial charge in [-0.15, -0.1) is 0 Å². The van der Waals surface area contributed by atoms with Crippen molar-refractivity contribution in [3.05, 3.63) is 0 Å². The van der Waals surface area contributed by atoms with E-state index in [0.29, 0.717) is 5.92 Å².